The Labute approximate surface area is 128 Å². The Morgan fingerprint density at radius 2 is 2.24 bits per heavy atom. The van der Waals surface area contributed by atoms with Crippen LogP contribution in [0.3, 0.4) is 0 Å². The molecule has 21 heavy (non-hydrogen) atoms. The minimum atomic E-state index is 0.0264. The number of nitrogens with zero attached hydrogens (tertiary/aromatic N) is 2. The van der Waals surface area contributed by atoms with E-state index in [4.69, 9.17) is 10.5 Å². The third-order valence-electron chi connectivity index (χ3n) is 4.76. The second kappa shape index (κ2) is 6.86. The lowest BCUT2D eigenvalue weighted by Gasteiger charge is -2.47. The summed E-state index contributed by atoms with van der Waals surface area (Å²) >= 11 is 0. The molecule has 1 fully saturated rings. The molecule has 4 heteroatoms. The summed E-state index contributed by atoms with van der Waals surface area (Å²) < 4.78 is 5.92. The van der Waals surface area contributed by atoms with Crippen LogP contribution in [0.15, 0.2) is 18.2 Å². The van der Waals surface area contributed by atoms with Crippen LogP contribution in [0, 0.1) is 12.8 Å². The number of likely N-dealkylation sites (N-methyl/N-ethyl adjacent to an activating group) is 1. The number of hydrogen-bond donors (Lipinski definition) is 1. The van der Waals surface area contributed by atoms with Gasteiger partial charge in [-0.25, -0.2) is 0 Å². The molecule has 2 atom stereocenters. The summed E-state index contributed by atoms with van der Waals surface area (Å²) in [4.78, 5) is 7.00. The predicted octanol–water partition coefficient (Wildman–Crippen LogP) is 2.35. The van der Waals surface area contributed by atoms with Gasteiger partial charge in [0.2, 0.25) is 0 Å². The van der Waals surface area contributed by atoms with Crippen LogP contribution in [-0.2, 0) is 11.3 Å². The number of pyridine rings is 1. The Balaban J connectivity index is 2.11. The molecule has 2 unspecified atom stereocenters. The van der Waals surface area contributed by atoms with Crippen LogP contribution in [0.25, 0.3) is 0 Å². The van der Waals surface area contributed by atoms with E-state index in [-0.39, 0.29) is 5.54 Å². The van der Waals surface area contributed by atoms with Crippen molar-refractivity contribution in [2.24, 2.45) is 11.7 Å². The highest BCUT2D eigenvalue weighted by atomic mass is 16.5. The summed E-state index contributed by atoms with van der Waals surface area (Å²) in [6.07, 6.45) is 2.30. The largest absolute Gasteiger partial charge is 0.378 e. The Morgan fingerprint density at radius 1 is 1.48 bits per heavy atom. The zero-order chi connectivity index (χ0) is 15.5. The number of ether oxygens (including phenoxy) is 1. The molecule has 1 aliphatic rings. The molecule has 2 rings (SSSR count). The first-order chi connectivity index (χ1) is 9.97. The molecule has 1 saturated heterocycles. The van der Waals surface area contributed by atoms with Gasteiger partial charge in [0.25, 0.3) is 0 Å². The zero-order valence-corrected chi connectivity index (χ0v) is 13.8. The lowest BCUT2D eigenvalue weighted by atomic mass is 9.82. The fourth-order valence-electron chi connectivity index (χ4n) is 3.15. The van der Waals surface area contributed by atoms with Gasteiger partial charge in [0.1, 0.15) is 0 Å². The molecule has 1 aromatic heterocycles. The summed E-state index contributed by atoms with van der Waals surface area (Å²) in [6, 6.07) is 6.19. The van der Waals surface area contributed by atoms with Crippen LogP contribution in [0.4, 0.5) is 0 Å². The van der Waals surface area contributed by atoms with Crippen molar-refractivity contribution in [3.63, 3.8) is 0 Å². The van der Waals surface area contributed by atoms with Gasteiger partial charge < -0.3 is 10.5 Å². The van der Waals surface area contributed by atoms with Gasteiger partial charge in [0.15, 0.2) is 0 Å². The topological polar surface area (TPSA) is 51.4 Å². The van der Waals surface area contributed by atoms with E-state index in [1.54, 1.807) is 0 Å². The van der Waals surface area contributed by atoms with Gasteiger partial charge in [-0.05, 0) is 44.9 Å². The van der Waals surface area contributed by atoms with E-state index in [0.717, 1.165) is 37.4 Å². The monoisotopic (exact) mass is 291 g/mol. The van der Waals surface area contributed by atoms with E-state index >= 15 is 0 Å². The molecule has 118 valence electrons. The van der Waals surface area contributed by atoms with Crippen LogP contribution in [-0.4, -0.2) is 41.7 Å². The molecular weight excluding hydrogens is 262 g/mol. The minimum absolute atomic E-state index is 0.0264. The molecular formula is C17H29N3O. The Kier molecular flexibility index (Phi) is 5.36. The number of aryl methyl sites for hydroxylation is 1. The maximum atomic E-state index is 6.17. The van der Waals surface area contributed by atoms with E-state index in [0.29, 0.717) is 18.6 Å². The van der Waals surface area contributed by atoms with Crippen molar-refractivity contribution in [3.05, 3.63) is 29.6 Å². The van der Waals surface area contributed by atoms with E-state index in [9.17, 15) is 0 Å². The average Bonchev–Trinajstić information content (AvgIpc) is 2.47. The maximum Gasteiger partial charge on any atom is 0.0616 e. The number of hydrogen-bond acceptors (Lipinski definition) is 4. The summed E-state index contributed by atoms with van der Waals surface area (Å²) in [5.74, 6) is 0.529. The molecule has 1 aliphatic heterocycles. The quantitative estimate of drug-likeness (QED) is 0.905. The van der Waals surface area contributed by atoms with Crippen LogP contribution in [0.1, 0.15) is 38.1 Å². The Bertz CT molecular complexity index is 463. The third kappa shape index (κ3) is 3.82. The molecule has 2 N–H and O–H groups in total. The van der Waals surface area contributed by atoms with E-state index in [1.807, 2.05) is 13.0 Å². The van der Waals surface area contributed by atoms with Gasteiger partial charge >= 0.3 is 0 Å². The van der Waals surface area contributed by atoms with Crippen LogP contribution < -0.4 is 5.73 Å². The van der Waals surface area contributed by atoms with Crippen molar-refractivity contribution >= 4 is 0 Å². The molecule has 0 amide bonds. The van der Waals surface area contributed by atoms with E-state index in [2.05, 4.69) is 42.9 Å². The van der Waals surface area contributed by atoms with Gasteiger partial charge in [-0.15, -0.1) is 0 Å². The molecule has 0 saturated carbocycles. The molecule has 0 bridgehead atoms. The average molecular weight is 291 g/mol. The van der Waals surface area contributed by atoms with E-state index < -0.39 is 0 Å². The van der Waals surface area contributed by atoms with Crippen LogP contribution >= 0.6 is 0 Å². The van der Waals surface area contributed by atoms with E-state index in [1.165, 1.54) is 0 Å². The second-order valence-electron chi connectivity index (χ2n) is 6.66. The maximum absolute atomic E-state index is 6.17. The third-order valence-corrected chi connectivity index (χ3v) is 4.76. The van der Waals surface area contributed by atoms with Crippen LogP contribution in [0.2, 0.25) is 0 Å². The molecule has 1 aromatic rings. The summed E-state index contributed by atoms with van der Waals surface area (Å²) in [5, 5.41) is 0. The molecule has 0 aliphatic carbocycles. The highest BCUT2D eigenvalue weighted by molar-refractivity contribution is 5.10. The first-order valence-electron chi connectivity index (χ1n) is 7.92. The minimum Gasteiger partial charge on any atom is -0.378 e. The summed E-state index contributed by atoms with van der Waals surface area (Å²) in [7, 11) is 2.17. The van der Waals surface area contributed by atoms with Crippen LogP contribution in [0.5, 0.6) is 0 Å². The van der Waals surface area contributed by atoms with Crippen molar-refractivity contribution in [1.82, 2.24) is 9.88 Å². The fourth-order valence-corrected chi connectivity index (χ4v) is 3.15. The number of nitrogens with two attached hydrogens (primary N) is 1. The van der Waals surface area contributed by atoms with Gasteiger partial charge in [0, 0.05) is 30.9 Å². The number of aromatic nitrogens is 1. The van der Waals surface area contributed by atoms with Crippen molar-refractivity contribution in [2.45, 2.75) is 51.8 Å². The fraction of sp³-hybridized carbons (Fsp3) is 0.706. The Morgan fingerprint density at radius 3 is 2.86 bits per heavy atom. The molecule has 0 radical (unpaired) electrons. The molecule has 0 aromatic carbocycles. The second-order valence-corrected chi connectivity index (χ2v) is 6.66. The van der Waals surface area contributed by atoms with Gasteiger partial charge in [-0.2, -0.15) is 0 Å². The lowest BCUT2D eigenvalue weighted by Crippen LogP contribution is -2.57. The zero-order valence-electron chi connectivity index (χ0n) is 13.8. The number of rotatable bonds is 5. The normalized spacial score (nSPS) is 26.5. The molecule has 0 spiro atoms. The van der Waals surface area contributed by atoms with Crippen molar-refractivity contribution in [2.75, 3.05) is 20.2 Å². The predicted molar refractivity (Wildman–Crippen MR) is 86.0 cm³/mol. The van der Waals surface area contributed by atoms with Crippen molar-refractivity contribution in [3.8, 4) is 0 Å². The van der Waals surface area contributed by atoms with Gasteiger partial charge in [-0.1, -0.05) is 19.9 Å². The first-order valence-corrected chi connectivity index (χ1v) is 7.92. The highest BCUT2D eigenvalue weighted by Gasteiger charge is 2.40. The highest BCUT2D eigenvalue weighted by Crippen LogP contribution is 2.33. The van der Waals surface area contributed by atoms with Crippen molar-refractivity contribution < 1.29 is 4.74 Å². The molecule has 4 nitrogen and oxygen atoms in total. The smallest absolute Gasteiger partial charge is 0.0616 e. The Hall–Kier alpha value is -0.970. The van der Waals surface area contributed by atoms with Gasteiger partial charge in [-0.3, -0.25) is 9.88 Å². The van der Waals surface area contributed by atoms with Gasteiger partial charge in [0.05, 0.1) is 11.8 Å². The van der Waals surface area contributed by atoms with Crippen molar-refractivity contribution in [1.29, 1.82) is 0 Å². The first kappa shape index (κ1) is 16.4. The SMILES string of the molecule is Cc1cccc(CN(C)C2(CN)CCOC(C(C)C)C2)n1. The summed E-state index contributed by atoms with van der Waals surface area (Å²) in [5.41, 5.74) is 8.37. The molecule has 2 heterocycles. The lowest BCUT2D eigenvalue weighted by molar-refractivity contribution is -0.0836. The standard InChI is InChI=1S/C17H29N3O/c1-13(2)16-10-17(12-18,8-9-21-16)20(4)11-15-7-5-6-14(3)19-15/h5-7,13,16H,8-12,18H2,1-4H3. The summed E-state index contributed by atoms with van der Waals surface area (Å²) in [6.45, 7) is 8.78.